The van der Waals surface area contributed by atoms with E-state index >= 15 is 0 Å². The summed E-state index contributed by atoms with van der Waals surface area (Å²) in [5.41, 5.74) is 2.38. The van der Waals surface area contributed by atoms with Gasteiger partial charge in [0.25, 0.3) is 0 Å². The maximum absolute atomic E-state index is 5.75. The minimum absolute atomic E-state index is 0.0181. The molecule has 0 spiro atoms. The van der Waals surface area contributed by atoms with E-state index in [-0.39, 0.29) is 6.10 Å². The van der Waals surface area contributed by atoms with Gasteiger partial charge in [0.05, 0.1) is 19.3 Å². The van der Waals surface area contributed by atoms with Crippen molar-refractivity contribution in [2.24, 2.45) is 0 Å². The van der Waals surface area contributed by atoms with Gasteiger partial charge in [0, 0.05) is 20.0 Å². The molecule has 0 N–H and O–H groups in total. The van der Waals surface area contributed by atoms with Gasteiger partial charge >= 0.3 is 0 Å². The van der Waals surface area contributed by atoms with Crippen molar-refractivity contribution in [2.45, 2.75) is 18.9 Å². The SMILES string of the molecule is COC(Cc1ccccc1)c1ccc2c(c1)OCCCO2. The lowest BCUT2D eigenvalue weighted by atomic mass is 10.0. The molecule has 0 saturated carbocycles. The highest BCUT2D eigenvalue weighted by atomic mass is 16.5. The summed E-state index contributed by atoms with van der Waals surface area (Å²) >= 11 is 0. The molecule has 3 rings (SSSR count). The first-order chi connectivity index (χ1) is 10.4. The average molecular weight is 284 g/mol. The smallest absolute Gasteiger partial charge is 0.161 e. The molecule has 0 fully saturated rings. The summed E-state index contributed by atoms with van der Waals surface area (Å²) in [4.78, 5) is 0. The summed E-state index contributed by atoms with van der Waals surface area (Å²) in [7, 11) is 1.75. The molecule has 1 heterocycles. The third-order valence-corrected chi connectivity index (χ3v) is 3.69. The Morgan fingerprint density at radius 1 is 1.00 bits per heavy atom. The van der Waals surface area contributed by atoms with Gasteiger partial charge in [-0.2, -0.15) is 0 Å². The van der Waals surface area contributed by atoms with Gasteiger partial charge in [0.2, 0.25) is 0 Å². The molecule has 0 aliphatic carbocycles. The molecule has 1 aliphatic heterocycles. The largest absolute Gasteiger partial charge is 0.490 e. The van der Waals surface area contributed by atoms with Crippen LogP contribution in [0.5, 0.6) is 11.5 Å². The molecular formula is C18H20O3. The number of benzene rings is 2. The third-order valence-electron chi connectivity index (χ3n) is 3.69. The number of rotatable bonds is 4. The van der Waals surface area contributed by atoms with E-state index in [1.165, 1.54) is 5.56 Å². The Morgan fingerprint density at radius 3 is 2.52 bits per heavy atom. The summed E-state index contributed by atoms with van der Waals surface area (Å²) in [5.74, 6) is 1.64. The maximum atomic E-state index is 5.75. The first-order valence-electron chi connectivity index (χ1n) is 7.33. The van der Waals surface area contributed by atoms with Crippen molar-refractivity contribution in [3.8, 4) is 11.5 Å². The topological polar surface area (TPSA) is 27.7 Å². The fraction of sp³-hybridized carbons (Fsp3) is 0.333. The zero-order chi connectivity index (χ0) is 14.5. The second-order valence-electron chi connectivity index (χ2n) is 5.17. The van der Waals surface area contributed by atoms with Crippen molar-refractivity contribution >= 4 is 0 Å². The predicted molar refractivity (Wildman–Crippen MR) is 81.9 cm³/mol. The van der Waals surface area contributed by atoms with Crippen LogP contribution in [-0.2, 0) is 11.2 Å². The van der Waals surface area contributed by atoms with E-state index in [0.717, 1.165) is 29.9 Å². The molecule has 0 amide bonds. The molecule has 0 bridgehead atoms. The Morgan fingerprint density at radius 2 is 1.76 bits per heavy atom. The zero-order valence-electron chi connectivity index (χ0n) is 12.2. The summed E-state index contributed by atoms with van der Waals surface area (Å²) in [6.45, 7) is 1.41. The first-order valence-corrected chi connectivity index (χ1v) is 7.33. The van der Waals surface area contributed by atoms with Gasteiger partial charge in [0.15, 0.2) is 11.5 Å². The Kier molecular flexibility index (Phi) is 4.41. The number of hydrogen-bond donors (Lipinski definition) is 0. The molecule has 1 unspecified atom stereocenters. The van der Waals surface area contributed by atoms with E-state index in [1.54, 1.807) is 7.11 Å². The first kappa shape index (κ1) is 14.0. The Bertz CT molecular complexity index is 580. The second kappa shape index (κ2) is 6.64. The highest BCUT2D eigenvalue weighted by Gasteiger charge is 2.16. The molecule has 0 radical (unpaired) electrons. The van der Waals surface area contributed by atoms with E-state index in [0.29, 0.717) is 13.2 Å². The van der Waals surface area contributed by atoms with Crippen LogP contribution in [0.15, 0.2) is 48.5 Å². The zero-order valence-corrected chi connectivity index (χ0v) is 12.2. The van der Waals surface area contributed by atoms with Gasteiger partial charge in [-0.3, -0.25) is 0 Å². The Labute approximate surface area is 125 Å². The number of hydrogen-bond acceptors (Lipinski definition) is 3. The van der Waals surface area contributed by atoms with Crippen LogP contribution in [0, 0.1) is 0 Å². The highest BCUT2D eigenvalue weighted by Crippen LogP contribution is 2.34. The van der Waals surface area contributed by atoms with Crippen molar-refractivity contribution in [1.82, 2.24) is 0 Å². The van der Waals surface area contributed by atoms with Crippen molar-refractivity contribution in [3.05, 3.63) is 59.7 Å². The van der Waals surface area contributed by atoms with Gasteiger partial charge in [-0.05, 0) is 23.3 Å². The highest BCUT2D eigenvalue weighted by molar-refractivity contribution is 5.44. The lowest BCUT2D eigenvalue weighted by Crippen LogP contribution is -2.06. The summed E-state index contributed by atoms with van der Waals surface area (Å²) in [6, 6.07) is 16.4. The molecule has 3 heteroatoms. The van der Waals surface area contributed by atoms with Gasteiger partial charge in [0.1, 0.15) is 0 Å². The molecule has 2 aromatic carbocycles. The lowest BCUT2D eigenvalue weighted by molar-refractivity contribution is 0.103. The molecule has 21 heavy (non-hydrogen) atoms. The average Bonchev–Trinajstić information content (AvgIpc) is 2.78. The number of methoxy groups -OCH3 is 1. The van der Waals surface area contributed by atoms with Gasteiger partial charge in [-0.15, -0.1) is 0 Å². The van der Waals surface area contributed by atoms with Crippen LogP contribution in [-0.4, -0.2) is 20.3 Å². The van der Waals surface area contributed by atoms with Crippen molar-refractivity contribution < 1.29 is 14.2 Å². The van der Waals surface area contributed by atoms with Crippen molar-refractivity contribution in [2.75, 3.05) is 20.3 Å². The molecule has 110 valence electrons. The second-order valence-corrected chi connectivity index (χ2v) is 5.17. The quantitative estimate of drug-likeness (QED) is 0.855. The molecule has 1 atom stereocenters. The number of fused-ring (bicyclic) bond motifs is 1. The monoisotopic (exact) mass is 284 g/mol. The van der Waals surface area contributed by atoms with E-state index in [4.69, 9.17) is 14.2 Å². The summed E-state index contributed by atoms with van der Waals surface area (Å²) < 4.78 is 17.1. The van der Waals surface area contributed by atoms with Crippen LogP contribution >= 0.6 is 0 Å². The summed E-state index contributed by atoms with van der Waals surface area (Å²) in [5, 5.41) is 0. The minimum atomic E-state index is 0.0181. The molecular weight excluding hydrogens is 264 g/mol. The van der Waals surface area contributed by atoms with Crippen LogP contribution in [0.4, 0.5) is 0 Å². The van der Waals surface area contributed by atoms with Crippen LogP contribution in [0.3, 0.4) is 0 Å². The fourth-order valence-corrected chi connectivity index (χ4v) is 2.55. The van der Waals surface area contributed by atoms with Crippen LogP contribution in [0.1, 0.15) is 23.7 Å². The molecule has 0 aromatic heterocycles. The molecule has 1 aliphatic rings. The molecule has 3 nitrogen and oxygen atoms in total. The molecule has 2 aromatic rings. The van der Waals surface area contributed by atoms with Gasteiger partial charge in [-0.1, -0.05) is 36.4 Å². The third kappa shape index (κ3) is 3.37. The Balaban J connectivity index is 1.82. The van der Waals surface area contributed by atoms with E-state index in [2.05, 4.69) is 30.3 Å². The van der Waals surface area contributed by atoms with Crippen LogP contribution < -0.4 is 9.47 Å². The lowest BCUT2D eigenvalue weighted by Gasteiger charge is -2.17. The van der Waals surface area contributed by atoms with Gasteiger partial charge < -0.3 is 14.2 Å². The minimum Gasteiger partial charge on any atom is -0.490 e. The number of ether oxygens (including phenoxy) is 3. The predicted octanol–water partition coefficient (Wildman–Crippen LogP) is 3.78. The van der Waals surface area contributed by atoms with E-state index in [9.17, 15) is 0 Å². The standard InChI is InChI=1S/C18H20O3/c1-19-17(12-14-6-3-2-4-7-14)15-8-9-16-18(13-15)21-11-5-10-20-16/h2-4,6-9,13,17H,5,10-12H2,1H3. The van der Waals surface area contributed by atoms with Crippen molar-refractivity contribution in [3.63, 3.8) is 0 Å². The van der Waals surface area contributed by atoms with Gasteiger partial charge in [-0.25, -0.2) is 0 Å². The maximum Gasteiger partial charge on any atom is 0.161 e. The van der Waals surface area contributed by atoms with Crippen LogP contribution in [0.2, 0.25) is 0 Å². The molecule has 0 saturated heterocycles. The van der Waals surface area contributed by atoms with Crippen molar-refractivity contribution in [1.29, 1.82) is 0 Å². The normalized spacial score (nSPS) is 15.3. The van der Waals surface area contributed by atoms with Crippen LogP contribution in [0.25, 0.3) is 0 Å². The summed E-state index contributed by atoms with van der Waals surface area (Å²) in [6.07, 6.45) is 1.78. The fourth-order valence-electron chi connectivity index (χ4n) is 2.55. The Hall–Kier alpha value is -2.00. The van der Waals surface area contributed by atoms with E-state index in [1.807, 2.05) is 18.2 Å². The van der Waals surface area contributed by atoms with E-state index < -0.39 is 0 Å².